The van der Waals surface area contributed by atoms with Gasteiger partial charge >= 0.3 is 0 Å². The number of hydrogen-bond donors (Lipinski definition) is 1. The number of non-ortho nitro benzene ring substituents is 1. The van der Waals surface area contributed by atoms with Crippen molar-refractivity contribution in [1.29, 1.82) is 0 Å². The van der Waals surface area contributed by atoms with E-state index >= 15 is 0 Å². The fourth-order valence-electron chi connectivity index (χ4n) is 2.81. The second kappa shape index (κ2) is 6.82. The van der Waals surface area contributed by atoms with Crippen LogP contribution in [0, 0.1) is 17.0 Å². The lowest BCUT2D eigenvalue weighted by atomic mass is 10.2. The van der Waals surface area contributed by atoms with Gasteiger partial charge in [-0.25, -0.2) is 16.8 Å². The molecule has 0 atom stereocenters. The minimum atomic E-state index is -4.03. The fourth-order valence-corrected chi connectivity index (χ4v) is 5.54. The van der Waals surface area contributed by atoms with Crippen molar-refractivity contribution in [2.24, 2.45) is 0 Å². The molecule has 0 aliphatic carbocycles. The standard InChI is InChI=1S/C16H17N3O6S2/c1-12-10-13(18-8-3-9-26(18,22)23)6-7-16(12)17-27(24,25)15-5-2-4-14(11-15)19(20)21/h2,4-7,10-11,17H,3,8-9H2,1H3. The summed E-state index contributed by atoms with van der Waals surface area (Å²) in [5, 5.41) is 10.8. The average Bonchev–Trinajstić information content (AvgIpc) is 2.96. The summed E-state index contributed by atoms with van der Waals surface area (Å²) in [6.45, 7) is 2.04. The number of anilines is 2. The van der Waals surface area contributed by atoms with Crippen LogP contribution in [0.25, 0.3) is 0 Å². The van der Waals surface area contributed by atoms with Crippen LogP contribution in [0.2, 0.25) is 0 Å². The summed E-state index contributed by atoms with van der Waals surface area (Å²) in [6, 6.07) is 9.33. The molecule has 27 heavy (non-hydrogen) atoms. The Labute approximate surface area is 156 Å². The number of sulfonamides is 2. The van der Waals surface area contributed by atoms with Crippen LogP contribution >= 0.6 is 0 Å². The monoisotopic (exact) mass is 411 g/mol. The Hall–Kier alpha value is -2.66. The van der Waals surface area contributed by atoms with E-state index in [9.17, 15) is 26.9 Å². The van der Waals surface area contributed by atoms with Gasteiger partial charge in [0.05, 0.1) is 26.9 Å². The van der Waals surface area contributed by atoms with Crippen LogP contribution in [0.4, 0.5) is 17.1 Å². The third-order valence-electron chi connectivity index (χ3n) is 4.18. The number of hydrogen-bond acceptors (Lipinski definition) is 6. The first-order chi connectivity index (χ1) is 12.6. The molecule has 1 aliphatic rings. The third kappa shape index (κ3) is 3.88. The Balaban J connectivity index is 1.89. The summed E-state index contributed by atoms with van der Waals surface area (Å²) >= 11 is 0. The van der Waals surface area contributed by atoms with Gasteiger partial charge in [0.15, 0.2) is 0 Å². The van der Waals surface area contributed by atoms with Gasteiger partial charge in [0, 0.05) is 18.7 Å². The second-order valence-electron chi connectivity index (χ2n) is 6.10. The molecule has 0 amide bonds. The van der Waals surface area contributed by atoms with Crippen LogP contribution in [-0.2, 0) is 20.0 Å². The van der Waals surface area contributed by atoms with Gasteiger partial charge in [0.2, 0.25) is 10.0 Å². The van der Waals surface area contributed by atoms with E-state index in [4.69, 9.17) is 0 Å². The first-order valence-electron chi connectivity index (χ1n) is 7.98. The van der Waals surface area contributed by atoms with Crippen molar-refractivity contribution in [2.75, 3.05) is 21.3 Å². The fraction of sp³-hybridized carbons (Fsp3) is 0.250. The Morgan fingerprint density at radius 1 is 1.19 bits per heavy atom. The van der Waals surface area contributed by atoms with Crippen molar-refractivity contribution in [1.82, 2.24) is 0 Å². The lowest BCUT2D eigenvalue weighted by Gasteiger charge is -2.19. The quantitative estimate of drug-likeness (QED) is 0.594. The normalized spacial score (nSPS) is 16.3. The van der Waals surface area contributed by atoms with Crippen LogP contribution in [0.1, 0.15) is 12.0 Å². The molecule has 9 nitrogen and oxygen atoms in total. The zero-order valence-corrected chi connectivity index (χ0v) is 16.0. The van der Waals surface area contributed by atoms with E-state index in [1.165, 1.54) is 34.6 Å². The molecule has 144 valence electrons. The molecule has 2 aromatic rings. The maximum Gasteiger partial charge on any atom is 0.270 e. The van der Waals surface area contributed by atoms with Crippen molar-refractivity contribution in [3.8, 4) is 0 Å². The number of rotatable bonds is 5. The van der Waals surface area contributed by atoms with Gasteiger partial charge in [0.1, 0.15) is 0 Å². The lowest BCUT2D eigenvalue weighted by Crippen LogP contribution is -2.25. The molecule has 0 radical (unpaired) electrons. The van der Waals surface area contributed by atoms with Crippen LogP contribution in [0.5, 0.6) is 0 Å². The van der Waals surface area contributed by atoms with Crippen molar-refractivity contribution < 1.29 is 21.8 Å². The Morgan fingerprint density at radius 3 is 2.52 bits per heavy atom. The largest absolute Gasteiger partial charge is 0.279 e. The number of aryl methyl sites for hydroxylation is 1. The van der Waals surface area contributed by atoms with Gasteiger partial charge in [-0.2, -0.15) is 0 Å². The van der Waals surface area contributed by atoms with E-state index in [2.05, 4.69) is 4.72 Å². The molecule has 0 spiro atoms. The van der Waals surface area contributed by atoms with E-state index in [1.54, 1.807) is 13.0 Å². The van der Waals surface area contributed by atoms with Gasteiger partial charge in [-0.05, 0) is 43.2 Å². The first kappa shape index (κ1) is 19.1. The highest BCUT2D eigenvalue weighted by molar-refractivity contribution is 7.93. The van der Waals surface area contributed by atoms with E-state index < -0.39 is 25.0 Å². The summed E-state index contributed by atoms with van der Waals surface area (Å²) in [7, 11) is -7.36. The number of nitrogens with one attached hydrogen (secondary N) is 1. The predicted octanol–water partition coefficient (Wildman–Crippen LogP) is 2.24. The van der Waals surface area contributed by atoms with Gasteiger partial charge in [-0.3, -0.25) is 19.1 Å². The third-order valence-corrected chi connectivity index (χ3v) is 7.41. The highest BCUT2D eigenvalue weighted by Gasteiger charge is 2.28. The number of nitro groups is 1. The Kier molecular flexibility index (Phi) is 4.82. The molecule has 1 saturated heterocycles. The van der Waals surface area contributed by atoms with E-state index in [1.807, 2.05) is 0 Å². The number of benzene rings is 2. The summed E-state index contributed by atoms with van der Waals surface area (Å²) in [4.78, 5) is 9.94. The number of nitrogens with zero attached hydrogens (tertiary/aromatic N) is 2. The maximum absolute atomic E-state index is 12.5. The van der Waals surface area contributed by atoms with E-state index in [-0.39, 0.29) is 22.0 Å². The van der Waals surface area contributed by atoms with Crippen LogP contribution in [0.3, 0.4) is 0 Å². The molecule has 3 rings (SSSR count). The van der Waals surface area contributed by atoms with Crippen molar-refractivity contribution in [3.63, 3.8) is 0 Å². The molecule has 2 aromatic carbocycles. The molecule has 1 fully saturated rings. The van der Waals surface area contributed by atoms with Gasteiger partial charge in [0.25, 0.3) is 15.7 Å². The highest BCUT2D eigenvalue weighted by Crippen LogP contribution is 2.29. The van der Waals surface area contributed by atoms with Crippen molar-refractivity contribution >= 4 is 37.1 Å². The highest BCUT2D eigenvalue weighted by atomic mass is 32.2. The van der Waals surface area contributed by atoms with E-state index in [0.29, 0.717) is 24.2 Å². The first-order valence-corrected chi connectivity index (χ1v) is 11.1. The maximum atomic E-state index is 12.5. The van der Waals surface area contributed by atoms with Gasteiger partial charge in [-0.15, -0.1) is 0 Å². The molecular formula is C16H17N3O6S2. The molecule has 11 heteroatoms. The zero-order valence-electron chi connectivity index (χ0n) is 14.3. The molecule has 0 saturated carbocycles. The smallest absolute Gasteiger partial charge is 0.270 e. The molecule has 1 N–H and O–H groups in total. The minimum Gasteiger partial charge on any atom is -0.279 e. The topological polar surface area (TPSA) is 127 Å². The molecule has 0 bridgehead atoms. The molecule has 0 aromatic heterocycles. The summed E-state index contributed by atoms with van der Waals surface area (Å²) in [5.74, 6) is 0.0905. The number of nitro benzene ring substituents is 1. The summed E-state index contributed by atoms with van der Waals surface area (Å²) in [6.07, 6.45) is 0.544. The Morgan fingerprint density at radius 2 is 1.93 bits per heavy atom. The molecular weight excluding hydrogens is 394 g/mol. The Bertz CT molecular complexity index is 1110. The van der Waals surface area contributed by atoms with Gasteiger partial charge in [-0.1, -0.05) is 6.07 Å². The average molecular weight is 411 g/mol. The van der Waals surface area contributed by atoms with Crippen LogP contribution < -0.4 is 9.03 Å². The molecule has 1 aliphatic heterocycles. The second-order valence-corrected chi connectivity index (χ2v) is 9.80. The summed E-state index contributed by atoms with van der Waals surface area (Å²) in [5.41, 5.74) is 0.943. The van der Waals surface area contributed by atoms with Crippen LogP contribution in [0.15, 0.2) is 47.4 Å². The predicted molar refractivity (Wildman–Crippen MR) is 101 cm³/mol. The van der Waals surface area contributed by atoms with Gasteiger partial charge < -0.3 is 0 Å². The SMILES string of the molecule is Cc1cc(N2CCCS2(=O)=O)ccc1NS(=O)(=O)c1cccc([N+](=O)[O-])c1. The molecule has 1 heterocycles. The zero-order chi connectivity index (χ0) is 19.8. The summed E-state index contributed by atoms with van der Waals surface area (Å²) < 4.78 is 52.8. The minimum absolute atomic E-state index is 0.0905. The molecule has 0 unspecified atom stereocenters. The van der Waals surface area contributed by atoms with Crippen molar-refractivity contribution in [2.45, 2.75) is 18.2 Å². The van der Waals surface area contributed by atoms with Crippen molar-refractivity contribution in [3.05, 3.63) is 58.1 Å². The lowest BCUT2D eigenvalue weighted by molar-refractivity contribution is -0.385. The van der Waals surface area contributed by atoms with Crippen LogP contribution in [-0.4, -0.2) is 34.1 Å². The van der Waals surface area contributed by atoms with E-state index in [0.717, 1.165) is 6.07 Å².